The van der Waals surface area contributed by atoms with E-state index in [-0.39, 0.29) is 6.04 Å². The van der Waals surface area contributed by atoms with Gasteiger partial charge in [-0.3, -0.25) is 14.5 Å². The molecular weight excluding hydrogens is 406 g/mol. The molecule has 0 saturated carbocycles. The third-order valence-corrected chi connectivity index (χ3v) is 6.87. The van der Waals surface area contributed by atoms with Crippen LogP contribution < -0.4 is 10.6 Å². The van der Waals surface area contributed by atoms with Crippen LogP contribution in [0.25, 0.3) is 0 Å². The van der Waals surface area contributed by atoms with E-state index in [0.29, 0.717) is 12.2 Å². The summed E-state index contributed by atoms with van der Waals surface area (Å²) >= 11 is 1.68. The van der Waals surface area contributed by atoms with Crippen molar-refractivity contribution in [2.24, 2.45) is 0 Å². The summed E-state index contributed by atoms with van der Waals surface area (Å²) in [4.78, 5) is 28.5. The smallest absolute Gasteiger partial charge is 0.313 e. The first-order valence-electron chi connectivity index (χ1n) is 10.5. The van der Waals surface area contributed by atoms with E-state index in [1.165, 1.54) is 16.0 Å². The minimum Gasteiger partial charge on any atom is -0.346 e. The number of amides is 2. The molecule has 2 heterocycles. The van der Waals surface area contributed by atoms with Crippen LogP contribution >= 0.6 is 11.3 Å². The van der Waals surface area contributed by atoms with Crippen LogP contribution in [0.4, 0.5) is 5.69 Å². The first-order chi connectivity index (χ1) is 15.0. The fourth-order valence-corrected chi connectivity index (χ4v) is 4.81. The maximum atomic E-state index is 12.5. The van der Waals surface area contributed by atoms with Crippen molar-refractivity contribution in [2.75, 3.05) is 18.4 Å². The highest BCUT2D eigenvalue weighted by Crippen LogP contribution is 2.30. The van der Waals surface area contributed by atoms with Gasteiger partial charge in [-0.05, 0) is 66.1 Å². The average Bonchev–Trinajstić information content (AvgIpc) is 3.31. The zero-order valence-corrected chi connectivity index (χ0v) is 18.7. The second-order valence-corrected chi connectivity index (χ2v) is 8.96. The summed E-state index contributed by atoms with van der Waals surface area (Å²) in [6.45, 7) is 6.14. The first kappa shape index (κ1) is 21.3. The Kier molecular flexibility index (Phi) is 6.49. The summed E-state index contributed by atoms with van der Waals surface area (Å²) in [5, 5.41) is 7.60. The van der Waals surface area contributed by atoms with Crippen LogP contribution in [0.15, 0.2) is 60.0 Å². The summed E-state index contributed by atoms with van der Waals surface area (Å²) in [5.74, 6) is -1.26. The van der Waals surface area contributed by atoms with Crippen molar-refractivity contribution in [3.63, 3.8) is 0 Å². The Morgan fingerprint density at radius 1 is 1.00 bits per heavy atom. The van der Waals surface area contributed by atoms with Crippen LogP contribution in [0.1, 0.15) is 33.2 Å². The van der Waals surface area contributed by atoms with Gasteiger partial charge in [-0.25, -0.2) is 0 Å². The molecule has 4 rings (SSSR count). The van der Waals surface area contributed by atoms with Gasteiger partial charge in [0.15, 0.2) is 0 Å². The largest absolute Gasteiger partial charge is 0.346 e. The van der Waals surface area contributed by atoms with Crippen LogP contribution in [0, 0.1) is 13.8 Å². The molecule has 1 aliphatic rings. The van der Waals surface area contributed by atoms with Gasteiger partial charge in [0, 0.05) is 30.2 Å². The SMILES string of the molecule is Cc1ccc(NC(=O)C(=O)NCC(c2cccs2)N2CCc3ccccc3C2)cc1C. The Morgan fingerprint density at radius 3 is 2.55 bits per heavy atom. The maximum absolute atomic E-state index is 12.5. The summed E-state index contributed by atoms with van der Waals surface area (Å²) < 4.78 is 0. The molecule has 3 aromatic rings. The van der Waals surface area contributed by atoms with Gasteiger partial charge >= 0.3 is 11.8 Å². The molecule has 0 aliphatic carbocycles. The van der Waals surface area contributed by atoms with Gasteiger partial charge in [0.05, 0.1) is 6.04 Å². The normalized spacial score (nSPS) is 14.5. The highest BCUT2D eigenvalue weighted by Gasteiger charge is 2.26. The first-order valence-corrected chi connectivity index (χ1v) is 11.4. The lowest BCUT2D eigenvalue weighted by molar-refractivity contribution is -0.136. The van der Waals surface area contributed by atoms with E-state index in [9.17, 15) is 9.59 Å². The maximum Gasteiger partial charge on any atom is 0.313 e. The monoisotopic (exact) mass is 433 g/mol. The van der Waals surface area contributed by atoms with Crippen molar-refractivity contribution in [1.29, 1.82) is 0 Å². The number of carbonyl (C=O) groups is 2. The minimum absolute atomic E-state index is 0.0340. The Labute approximate surface area is 187 Å². The Bertz CT molecular complexity index is 1080. The zero-order valence-electron chi connectivity index (χ0n) is 17.9. The Morgan fingerprint density at radius 2 is 1.81 bits per heavy atom. The fourth-order valence-electron chi connectivity index (χ4n) is 3.95. The molecule has 1 unspecified atom stereocenters. The number of thiophene rings is 1. The third kappa shape index (κ3) is 5.03. The van der Waals surface area contributed by atoms with Crippen molar-refractivity contribution >= 4 is 28.8 Å². The molecule has 2 amide bonds. The predicted octanol–water partition coefficient (Wildman–Crippen LogP) is 4.22. The molecular formula is C25H27N3O2S. The standard InChI is InChI=1S/C25H27N3O2S/c1-17-9-10-21(14-18(17)2)27-25(30)24(29)26-15-22(23-8-5-13-31-23)28-12-11-19-6-3-4-7-20(19)16-28/h3-10,13-14,22H,11-12,15-16H2,1-2H3,(H,26,29)(H,27,30). The van der Waals surface area contributed by atoms with E-state index in [2.05, 4.69) is 51.2 Å². The van der Waals surface area contributed by atoms with E-state index in [0.717, 1.165) is 30.6 Å². The molecule has 0 saturated heterocycles. The van der Waals surface area contributed by atoms with E-state index in [4.69, 9.17) is 0 Å². The van der Waals surface area contributed by atoms with Crippen LogP contribution in [0.3, 0.4) is 0 Å². The second-order valence-electron chi connectivity index (χ2n) is 7.98. The molecule has 0 fully saturated rings. The lowest BCUT2D eigenvalue weighted by Gasteiger charge is -2.35. The summed E-state index contributed by atoms with van der Waals surface area (Å²) in [6.07, 6.45) is 0.985. The number of nitrogens with one attached hydrogen (secondary N) is 2. The van der Waals surface area contributed by atoms with Crippen molar-refractivity contribution in [1.82, 2.24) is 10.2 Å². The quantitative estimate of drug-likeness (QED) is 0.593. The van der Waals surface area contributed by atoms with Crippen LogP contribution in [0.2, 0.25) is 0 Å². The van der Waals surface area contributed by atoms with Crippen molar-refractivity contribution < 1.29 is 9.59 Å². The molecule has 1 aliphatic heterocycles. The average molecular weight is 434 g/mol. The molecule has 1 atom stereocenters. The van der Waals surface area contributed by atoms with Crippen molar-refractivity contribution in [2.45, 2.75) is 32.9 Å². The third-order valence-electron chi connectivity index (χ3n) is 5.90. The van der Waals surface area contributed by atoms with Crippen molar-refractivity contribution in [3.05, 3.63) is 87.1 Å². The zero-order chi connectivity index (χ0) is 21.8. The van der Waals surface area contributed by atoms with Crippen LogP contribution in [0.5, 0.6) is 0 Å². The number of carbonyl (C=O) groups excluding carboxylic acids is 2. The van der Waals surface area contributed by atoms with Gasteiger partial charge < -0.3 is 10.6 Å². The number of benzene rings is 2. The molecule has 1 aromatic heterocycles. The van der Waals surface area contributed by atoms with Gasteiger partial charge in [-0.2, -0.15) is 0 Å². The minimum atomic E-state index is -0.642. The van der Waals surface area contributed by atoms with Gasteiger partial charge in [0.25, 0.3) is 0 Å². The molecule has 0 spiro atoms. The number of fused-ring (bicyclic) bond motifs is 1. The fraction of sp³-hybridized carbons (Fsp3) is 0.280. The molecule has 6 heteroatoms. The van der Waals surface area contributed by atoms with Gasteiger partial charge in [0.2, 0.25) is 0 Å². The topological polar surface area (TPSA) is 61.4 Å². The highest BCUT2D eigenvalue weighted by molar-refractivity contribution is 7.10. The Balaban J connectivity index is 1.41. The lowest BCUT2D eigenvalue weighted by Crippen LogP contribution is -2.43. The van der Waals surface area contributed by atoms with Crippen LogP contribution in [-0.2, 0) is 22.6 Å². The van der Waals surface area contributed by atoms with Gasteiger partial charge in [-0.15, -0.1) is 11.3 Å². The van der Waals surface area contributed by atoms with E-state index < -0.39 is 11.8 Å². The number of nitrogens with zero attached hydrogens (tertiary/aromatic N) is 1. The van der Waals surface area contributed by atoms with E-state index in [1.807, 2.05) is 38.1 Å². The van der Waals surface area contributed by atoms with E-state index >= 15 is 0 Å². The number of anilines is 1. The molecule has 31 heavy (non-hydrogen) atoms. The van der Waals surface area contributed by atoms with Crippen molar-refractivity contribution in [3.8, 4) is 0 Å². The molecule has 2 aromatic carbocycles. The highest BCUT2D eigenvalue weighted by atomic mass is 32.1. The van der Waals surface area contributed by atoms with E-state index in [1.54, 1.807) is 11.3 Å². The lowest BCUT2D eigenvalue weighted by atomic mass is 9.98. The summed E-state index contributed by atoms with van der Waals surface area (Å²) in [5.41, 5.74) is 5.56. The summed E-state index contributed by atoms with van der Waals surface area (Å²) in [7, 11) is 0. The number of hydrogen-bond donors (Lipinski definition) is 2. The number of aryl methyl sites for hydroxylation is 2. The second kappa shape index (κ2) is 9.45. The molecule has 0 bridgehead atoms. The molecule has 0 radical (unpaired) electrons. The van der Waals surface area contributed by atoms with Gasteiger partial charge in [0.1, 0.15) is 0 Å². The molecule has 2 N–H and O–H groups in total. The van der Waals surface area contributed by atoms with Crippen LogP contribution in [-0.4, -0.2) is 29.8 Å². The summed E-state index contributed by atoms with van der Waals surface area (Å²) in [6, 6.07) is 18.3. The molecule has 5 nitrogen and oxygen atoms in total. The van der Waals surface area contributed by atoms with Gasteiger partial charge in [-0.1, -0.05) is 36.4 Å². The Hall–Kier alpha value is -2.96. The number of hydrogen-bond acceptors (Lipinski definition) is 4. The predicted molar refractivity (Wildman–Crippen MR) is 125 cm³/mol. The molecule has 160 valence electrons. The number of rotatable bonds is 5.